The normalized spacial score (nSPS) is 16.3. The van der Waals surface area contributed by atoms with Gasteiger partial charge in [0.15, 0.2) is 17.5 Å². The number of benzene rings is 1. The van der Waals surface area contributed by atoms with E-state index < -0.39 is 28.9 Å². The van der Waals surface area contributed by atoms with Crippen LogP contribution in [0.4, 0.5) is 13.2 Å². The summed E-state index contributed by atoms with van der Waals surface area (Å²) in [4.78, 5) is 13.6. The van der Waals surface area contributed by atoms with Crippen LogP contribution in [0, 0.1) is 17.5 Å². The Labute approximate surface area is 120 Å². The van der Waals surface area contributed by atoms with E-state index in [0.29, 0.717) is 39.1 Å². The molecule has 0 radical (unpaired) electrons. The van der Waals surface area contributed by atoms with Gasteiger partial charge >= 0.3 is 0 Å². The van der Waals surface area contributed by atoms with Crippen LogP contribution in [-0.2, 0) is 4.74 Å². The fourth-order valence-electron chi connectivity index (χ4n) is 2.32. The fourth-order valence-corrected chi connectivity index (χ4v) is 2.32. The summed E-state index contributed by atoms with van der Waals surface area (Å²) in [5.41, 5.74) is 4.89. The number of ether oxygens (including phenoxy) is 1. The second kappa shape index (κ2) is 6.91. The van der Waals surface area contributed by atoms with Crippen LogP contribution < -0.4 is 5.73 Å². The van der Waals surface area contributed by atoms with E-state index in [1.807, 2.05) is 0 Å². The van der Waals surface area contributed by atoms with E-state index in [-0.39, 0.29) is 6.10 Å². The van der Waals surface area contributed by atoms with Crippen molar-refractivity contribution in [3.63, 3.8) is 0 Å². The number of halogens is 3. The molecule has 0 atom stereocenters. The second-order valence-electron chi connectivity index (χ2n) is 4.87. The maximum atomic E-state index is 13.6. The number of piperidine rings is 1. The maximum absolute atomic E-state index is 13.6. The minimum absolute atomic E-state index is 0.0207. The molecule has 0 saturated carbocycles. The Morgan fingerprint density at radius 2 is 1.90 bits per heavy atom. The van der Waals surface area contributed by atoms with Crippen LogP contribution in [0.5, 0.6) is 0 Å². The first kappa shape index (κ1) is 15.8. The molecule has 2 N–H and O–H groups in total. The molecule has 1 aliphatic heterocycles. The van der Waals surface area contributed by atoms with Crippen molar-refractivity contribution < 1.29 is 22.7 Å². The first-order valence-electron chi connectivity index (χ1n) is 6.79. The van der Waals surface area contributed by atoms with E-state index in [1.165, 1.54) is 4.90 Å². The standard InChI is InChI=1S/C14H17F3N2O2/c15-11-2-1-10(12(16)13(11)17)14(20)19-6-3-9(4-7-19)21-8-5-18/h1-2,9H,3-8,18H2. The lowest BCUT2D eigenvalue weighted by Gasteiger charge is -2.32. The van der Waals surface area contributed by atoms with E-state index in [4.69, 9.17) is 10.5 Å². The van der Waals surface area contributed by atoms with E-state index in [9.17, 15) is 18.0 Å². The number of rotatable bonds is 4. The number of nitrogens with zero attached hydrogens (tertiary/aromatic N) is 1. The van der Waals surface area contributed by atoms with Crippen molar-refractivity contribution in [2.24, 2.45) is 5.73 Å². The summed E-state index contributed by atoms with van der Waals surface area (Å²) in [6.45, 7) is 1.65. The Morgan fingerprint density at radius 1 is 1.24 bits per heavy atom. The van der Waals surface area contributed by atoms with E-state index in [2.05, 4.69) is 0 Å². The number of amides is 1. The van der Waals surface area contributed by atoms with Gasteiger partial charge in [0, 0.05) is 19.6 Å². The molecule has 21 heavy (non-hydrogen) atoms. The minimum Gasteiger partial charge on any atom is -0.377 e. The number of likely N-dealkylation sites (tertiary alicyclic amines) is 1. The molecule has 1 saturated heterocycles. The van der Waals surface area contributed by atoms with Gasteiger partial charge in [0.25, 0.3) is 5.91 Å². The lowest BCUT2D eigenvalue weighted by atomic mass is 10.1. The number of hydrogen-bond donors (Lipinski definition) is 1. The predicted molar refractivity (Wildman–Crippen MR) is 70.2 cm³/mol. The third-order valence-electron chi connectivity index (χ3n) is 3.47. The van der Waals surface area contributed by atoms with Gasteiger partial charge in [-0.2, -0.15) is 0 Å². The SMILES string of the molecule is NCCOC1CCN(C(=O)c2ccc(F)c(F)c2F)CC1. The van der Waals surface area contributed by atoms with Gasteiger partial charge in [-0.1, -0.05) is 0 Å². The molecule has 1 aliphatic rings. The van der Waals surface area contributed by atoms with Crippen molar-refractivity contribution in [2.45, 2.75) is 18.9 Å². The zero-order valence-electron chi connectivity index (χ0n) is 11.4. The molecule has 2 rings (SSSR count). The molecular weight excluding hydrogens is 285 g/mol. The number of nitrogens with two attached hydrogens (primary N) is 1. The zero-order chi connectivity index (χ0) is 15.4. The Balaban J connectivity index is 2.01. The van der Waals surface area contributed by atoms with Gasteiger partial charge in [-0.25, -0.2) is 13.2 Å². The van der Waals surface area contributed by atoms with Gasteiger partial charge in [0.2, 0.25) is 0 Å². The summed E-state index contributed by atoms with van der Waals surface area (Å²) < 4.78 is 45.1. The molecule has 1 fully saturated rings. The first-order valence-corrected chi connectivity index (χ1v) is 6.79. The highest BCUT2D eigenvalue weighted by molar-refractivity contribution is 5.94. The van der Waals surface area contributed by atoms with Gasteiger partial charge in [0.05, 0.1) is 18.3 Å². The van der Waals surface area contributed by atoms with Crippen molar-refractivity contribution in [3.05, 3.63) is 35.1 Å². The monoisotopic (exact) mass is 302 g/mol. The lowest BCUT2D eigenvalue weighted by molar-refractivity contribution is 0.0120. The van der Waals surface area contributed by atoms with Gasteiger partial charge in [0.1, 0.15) is 0 Å². The molecule has 1 aromatic rings. The van der Waals surface area contributed by atoms with Crippen molar-refractivity contribution >= 4 is 5.91 Å². The molecule has 0 aromatic heterocycles. The average Bonchev–Trinajstić information content (AvgIpc) is 2.51. The molecule has 116 valence electrons. The summed E-state index contributed by atoms with van der Waals surface area (Å²) in [5.74, 6) is -5.01. The predicted octanol–water partition coefficient (Wildman–Crippen LogP) is 1.68. The van der Waals surface area contributed by atoms with Crippen LogP contribution in [0.2, 0.25) is 0 Å². The van der Waals surface area contributed by atoms with Crippen molar-refractivity contribution in [2.75, 3.05) is 26.2 Å². The quantitative estimate of drug-likeness (QED) is 0.861. The van der Waals surface area contributed by atoms with Gasteiger partial charge in [-0.3, -0.25) is 4.79 Å². The largest absolute Gasteiger partial charge is 0.377 e. The third-order valence-corrected chi connectivity index (χ3v) is 3.47. The highest BCUT2D eigenvalue weighted by Gasteiger charge is 2.27. The van der Waals surface area contributed by atoms with Crippen LogP contribution >= 0.6 is 0 Å². The van der Waals surface area contributed by atoms with E-state index >= 15 is 0 Å². The van der Waals surface area contributed by atoms with Crippen LogP contribution in [0.25, 0.3) is 0 Å². The Morgan fingerprint density at radius 3 is 2.52 bits per heavy atom. The van der Waals surface area contributed by atoms with Crippen molar-refractivity contribution in [1.29, 1.82) is 0 Å². The summed E-state index contributed by atoms with van der Waals surface area (Å²) in [5, 5.41) is 0. The summed E-state index contributed by atoms with van der Waals surface area (Å²) in [6, 6.07) is 1.72. The second-order valence-corrected chi connectivity index (χ2v) is 4.87. The molecule has 0 spiro atoms. The van der Waals surface area contributed by atoms with Gasteiger partial charge in [-0.15, -0.1) is 0 Å². The fraction of sp³-hybridized carbons (Fsp3) is 0.500. The molecule has 0 aliphatic carbocycles. The Bertz CT molecular complexity index is 517. The van der Waals surface area contributed by atoms with Crippen LogP contribution in [-0.4, -0.2) is 43.2 Å². The molecule has 1 aromatic carbocycles. The van der Waals surface area contributed by atoms with Crippen LogP contribution in [0.1, 0.15) is 23.2 Å². The van der Waals surface area contributed by atoms with Crippen molar-refractivity contribution in [1.82, 2.24) is 4.90 Å². The highest BCUT2D eigenvalue weighted by atomic mass is 19.2. The Hall–Kier alpha value is -1.60. The number of carbonyl (C=O) groups excluding carboxylic acids is 1. The summed E-state index contributed by atoms with van der Waals surface area (Å²) >= 11 is 0. The first-order chi connectivity index (χ1) is 10.0. The van der Waals surface area contributed by atoms with E-state index in [0.717, 1.165) is 12.1 Å². The molecule has 4 nitrogen and oxygen atoms in total. The smallest absolute Gasteiger partial charge is 0.256 e. The average molecular weight is 302 g/mol. The number of hydrogen-bond acceptors (Lipinski definition) is 3. The molecule has 1 amide bonds. The molecule has 1 heterocycles. The summed E-state index contributed by atoms with van der Waals surface area (Å²) in [7, 11) is 0. The molecule has 0 unspecified atom stereocenters. The molecule has 7 heteroatoms. The topological polar surface area (TPSA) is 55.6 Å². The maximum Gasteiger partial charge on any atom is 0.256 e. The highest BCUT2D eigenvalue weighted by Crippen LogP contribution is 2.20. The van der Waals surface area contributed by atoms with E-state index in [1.54, 1.807) is 0 Å². The van der Waals surface area contributed by atoms with Gasteiger partial charge < -0.3 is 15.4 Å². The summed E-state index contributed by atoms with van der Waals surface area (Å²) in [6.07, 6.45) is 1.24. The minimum atomic E-state index is -1.62. The van der Waals surface area contributed by atoms with Gasteiger partial charge in [-0.05, 0) is 25.0 Å². The van der Waals surface area contributed by atoms with Crippen molar-refractivity contribution in [3.8, 4) is 0 Å². The number of carbonyl (C=O) groups is 1. The van der Waals surface area contributed by atoms with Crippen LogP contribution in [0.15, 0.2) is 12.1 Å². The zero-order valence-corrected chi connectivity index (χ0v) is 11.4. The lowest BCUT2D eigenvalue weighted by Crippen LogP contribution is -2.41. The Kier molecular flexibility index (Phi) is 5.19. The molecule has 0 bridgehead atoms. The third kappa shape index (κ3) is 3.54. The van der Waals surface area contributed by atoms with Crippen LogP contribution in [0.3, 0.4) is 0 Å². The molecular formula is C14H17F3N2O2.